The number of carbonyl (C=O) groups is 2. The molecule has 1 N–H and O–H groups in total. The van der Waals surface area contributed by atoms with E-state index in [1.54, 1.807) is 19.6 Å². The molecule has 0 saturated carbocycles. The fourth-order valence-corrected chi connectivity index (χ4v) is 4.69. The normalized spacial score (nSPS) is 14.3. The number of likely N-dealkylation sites (tertiary alicyclic amines) is 1. The molecule has 0 atom stereocenters. The van der Waals surface area contributed by atoms with Gasteiger partial charge in [0, 0.05) is 31.5 Å². The van der Waals surface area contributed by atoms with Crippen LogP contribution < -0.4 is 10.1 Å². The molecule has 2 amide bonds. The minimum absolute atomic E-state index is 0.0123. The minimum Gasteiger partial charge on any atom is -0.495 e. The number of nitrogens with one attached hydrogen (secondary N) is 1. The standard InChI is InChI=1S/C24H33N3O6S/c1-17-5-4-6-20(31-3)22(17)26-23(29)19-16-34-24(25-19)18-7-9-27(10-8-18)21(28)15-33-14-13-32-12-11-30-2/h4-6,16,18H,7-15H2,1-3H3,(H,26,29). The first kappa shape index (κ1) is 26.1. The second-order valence-electron chi connectivity index (χ2n) is 7.99. The quantitative estimate of drug-likeness (QED) is 0.456. The van der Waals surface area contributed by atoms with Gasteiger partial charge in [-0.2, -0.15) is 0 Å². The number of carbonyl (C=O) groups excluding carboxylic acids is 2. The zero-order chi connectivity index (χ0) is 24.3. The molecule has 0 spiro atoms. The summed E-state index contributed by atoms with van der Waals surface area (Å²) in [4.78, 5) is 31.6. The second-order valence-corrected chi connectivity index (χ2v) is 8.88. The third kappa shape index (κ3) is 7.23. The lowest BCUT2D eigenvalue weighted by molar-refractivity contribution is -0.137. The van der Waals surface area contributed by atoms with Crippen LogP contribution >= 0.6 is 11.3 Å². The molecule has 34 heavy (non-hydrogen) atoms. The Labute approximate surface area is 204 Å². The van der Waals surface area contributed by atoms with Crippen LogP contribution in [0.4, 0.5) is 5.69 Å². The van der Waals surface area contributed by atoms with E-state index >= 15 is 0 Å². The van der Waals surface area contributed by atoms with Crippen LogP contribution in [0.1, 0.15) is 39.8 Å². The Hall–Kier alpha value is -2.53. The van der Waals surface area contributed by atoms with E-state index < -0.39 is 0 Å². The van der Waals surface area contributed by atoms with Crippen molar-refractivity contribution in [2.45, 2.75) is 25.7 Å². The Kier molecular flexibility index (Phi) is 10.3. The molecule has 10 heteroatoms. The van der Waals surface area contributed by atoms with Crippen LogP contribution in [0.5, 0.6) is 5.75 Å². The zero-order valence-electron chi connectivity index (χ0n) is 20.0. The summed E-state index contributed by atoms with van der Waals surface area (Å²) in [5, 5.41) is 5.64. The highest BCUT2D eigenvalue weighted by molar-refractivity contribution is 7.10. The molecule has 1 aromatic heterocycles. The zero-order valence-corrected chi connectivity index (χ0v) is 20.8. The molecule has 1 aromatic carbocycles. The molecular formula is C24H33N3O6S. The van der Waals surface area contributed by atoms with Crippen molar-refractivity contribution >= 4 is 28.8 Å². The molecular weight excluding hydrogens is 458 g/mol. The van der Waals surface area contributed by atoms with E-state index in [9.17, 15) is 9.59 Å². The van der Waals surface area contributed by atoms with E-state index in [0.717, 1.165) is 23.4 Å². The molecule has 186 valence electrons. The monoisotopic (exact) mass is 491 g/mol. The predicted octanol–water partition coefficient (Wildman–Crippen LogP) is 3.10. The number of benzene rings is 1. The number of piperidine rings is 1. The van der Waals surface area contributed by atoms with Crippen LogP contribution in [0.2, 0.25) is 0 Å². The number of aryl methyl sites for hydroxylation is 1. The Morgan fingerprint density at radius 3 is 2.59 bits per heavy atom. The average molecular weight is 492 g/mol. The highest BCUT2D eigenvalue weighted by Gasteiger charge is 2.26. The van der Waals surface area contributed by atoms with Crippen molar-refractivity contribution in [3.05, 3.63) is 39.8 Å². The first-order valence-electron chi connectivity index (χ1n) is 11.4. The fraction of sp³-hybridized carbons (Fsp3) is 0.542. The van der Waals surface area contributed by atoms with Gasteiger partial charge in [-0.3, -0.25) is 9.59 Å². The molecule has 0 aliphatic carbocycles. The number of ether oxygens (including phenoxy) is 4. The summed E-state index contributed by atoms with van der Waals surface area (Å²) >= 11 is 1.49. The summed E-state index contributed by atoms with van der Waals surface area (Å²) in [5.74, 6) is 0.579. The molecule has 2 aromatic rings. The van der Waals surface area contributed by atoms with Gasteiger partial charge in [-0.1, -0.05) is 12.1 Å². The molecule has 1 aliphatic rings. The van der Waals surface area contributed by atoms with Gasteiger partial charge in [0.1, 0.15) is 18.1 Å². The maximum Gasteiger partial charge on any atom is 0.275 e. The van der Waals surface area contributed by atoms with E-state index in [1.165, 1.54) is 11.3 Å². The van der Waals surface area contributed by atoms with Crippen LogP contribution in [0, 0.1) is 6.92 Å². The molecule has 0 unspecified atom stereocenters. The summed E-state index contributed by atoms with van der Waals surface area (Å²) in [6.45, 7) is 5.16. The lowest BCUT2D eigenvalue weighted by Gasteiger charge is -2.31. The summed E-state index contributed by atoms with van der Waals surface area (Å²) in [6.07, 6.45) is 1.62. The number of hydrogen-bond donors (Lipinski definition) is 1. The van der Waals surface area contributed by atoms with E-state index in [2.05, 4.69) is 10.3 Å². The summed E-state index contributed by atoms with van der Waals surface area (Å²) in [5.41, 5.74) is 1.97. The summed E-state index contributed by atoms with van der Waals surface area (Å²) in [6, 6.07) is 5.61. The van der Waals surface area contributed by atoms with Crippen LogP contribution in [-0.4, -0.2) is 82.0 Å². The van der Waals surface area contributed by atoms with Crippen molar-refractivity contribution in [2.24, 2.45) is 0 Å². The van der Waals surface area contributed by atoms with Gasteiger partial charge in [-0.15, -0.1) is 11.3 Å². The fourth-order valence-electron chi connectivity index (χ4n) is 3.72. The van der Waals surface area contributed by atoms with Crippen molar-refractivity contribution in [1.29, 1.82) is 0 Å². The number of thiazole rings is 1. The number of hydrogen-bond acceptors (Lipinski definition) is 8. The van der Waals surface area contributed by atoms with E-state index in [-0.39, 0.29) is 24.3 Å². The predicted molar refractivity (Wildman–Crippen MR) is 130 cm³/mol. The van der Waals surface area contributed by atoms with Gasteiger partial charge in [0.15, 0.2) is 0 Å². The largest absolute Gasteiger partial charge is 0.495 e. The summed E-state index contributed by atoms with van der Waals surface area (Å²) < 4.78 is 21.0. The van der Waals surface area contributed by atoms with E-state index in [4.69, 9.17) is 18.9 Å². The molecule has 1 fully saturated rings. The van der Waals surface area contributed by atoms with E-state index in [1.807, 2.05) is 30.0 Å². The van der Waals surface area contributed by atoms with Gasteiger partial charge >= 0.3 is 0 Å². The number of amides is 2. The molecule has 1 saturated heterocycles. The Morgan fingerprint density at radius 2 is 1.85 bits per heavy atom. The first-order chi connectivity index (χ1) is 16.5. The van der Waals surface area contributed by atoms with Crippen molar-refractivity contribution < 1.29 is 28.5 Å². The third-order valence-electron chi connectivity index (χ3n) is 5.67. The van der Waals surface area contributed by atoms with Crippen molar-refractivity contribution in [2.75, 3.05) is 65.7 Å². The Balaban J connectivity index is 1.44. The number of rotatable bonds is 12. The molecule has 0 bridgehead atoms. The van der Waals surface area contributed by atoms with Gasteiger partial charge < -0.3 is 29.2 Å². The highest BCUT2D eigenvalue weighted by Crippen LogP contribution is 2.32. The maximum atomic E-state index is 12.8. The molecule has 2 heterocycles. The number of nitrogens with zero attached hydrogens (tertiary/aromatic N) is 2. The van der Waals surface area contributed by atoms with Gasteiger partial charge in [-0.25, -0.2) is 4.98 Å². The molecule has 1 aliphatic heterocycles. The second kappa shape index (κ2) is 13.4. The maximum absolute atomic E-state index is 12.8. The topological polar surface area (TPSA) is 99.2 Å². The molecule has 0 radical (unpaired) electrons. The van der Waals surface area contributed by atoms with Gasteiger partial charge in [0.05, 0.1) is 44.2 Å². The minimum atomic E-state index is -0.258. The average Bonchev–Trinajstić information content (AvgIpc) is 3.35. The number of para-hydroxylation sites is 1. The first-order valence-corrected chi connectivity index (χ1v) is 12.2. The lowest BCUT2D eigenvalue weighted by Crippen LogP contribution is -2.40. The molecule has 9 nitrogen and oxygen atoms in total. The number of aromatic nitrogens is 1. The third-order valence-corrected chi connectivity index (χ3v) is 6.68. The summed E-state index contributed by atoms with van der Waals surface area (Å²) in [7, 11) is 3.20. The van der Waals surface area contributed by atoms with Crippen LogP contribution in [0.15, 0.2) is 23.6 Å². The van der Waals surface area contributed by atoms with Crippen molar-refractivity contribution in [3.63, 3.8) is 0 Å². The number of methoxy groups -OCH3 is 2. The Morgan fingerprint density at radius 1 is 1.12 bits per heavy atom. The Bertz CT molecular complexity index is 943. The van der Waals surface area contributed by atoms with Crippen LogP contribution in [0.25, 0.3) is 0 Å². The lowest BCUT2D eigenvalue weighted by atomic mass is 9.97. The van der Waals surface area contributed by atoms with Crippen LogP contribution in [-0.2, 0) is 19.0 Å². The van der Waals surface area contributed by atoms with Crippen LogP contribution in [0.3, 0.4) is 0 Å². The van der Waals surface area contributed by atoms with Gasteiger partial charge in [0.2, 0.25) is 5.91 Å². The van der Waals surface area contributed by atoms with Gasteiger partial charge in [-0.05, 0) is 31.4 Å². The SMILES string of the molecule is COCCOCCOCC(=O)N1CCC(c2nc(C(=O)Nc3c(C)cccc3OC)cs2)CC1. The van der Waals surface area contributed by atoms with Crippen molar-refractivity contribution in [1.82, 2.24) is 9.88 Å². The van der Waals surface area contributed by atoms with Gasteiger partial charge in [0.25, 0.3) is 5.91 Å². The highest BCUT2D eigenvalue weighted by atomic mass is 32.1. The smallest absolute Gasteiger partial charge is 0.275 e. The number of anilines is 1. The van der Waals surface area contributed by atoms with Crippen molar-refractivity contribution in [3.8, 4) is 5.75 Å². The van der Waals surface area contributed by atoms with E-state index in [0.29, 0.717) is 56.6 Å². The molecule has 3 rings (SSSR count).